The molecular weight excluding hydrogens is 202 g/mol. The SMILES string of the molecule is O=C(CN1CCCCC1)OC1CCCCC1. The van der Waals surface area contributed by atoms with E-state index in [0.29, 0.717) is 6.54 Å². The van der Waals surface area contributed by atoms with E-state index in [0.717, 1.165) is 25.9 Å². The van der Waals surface area contributed by atoms with Crippen LogP contribution in [0.2, 0.25) is 0 Å². The van der Waals surface area contributed by atoms with Gasteiger partial charge in [0.15, 0.2) is 0 Å². The van der Waals surface area contributed by atoms with Crippen molar-refractivity contribution in [1.29, 1.82) is 0 Å². The van der Waals surface area contributed by atoms with E-state index in [9.17, 15) is 4.79 Å². The Morgan fingerprint density at radius 3 is 2.31 bits per heavy atom. The Bertz CT molecular complexity index is 196. The fraction of sp³-hybridized carbons (Fsp3) is 0.923. The summed E-state index contributed by atoms with van der Waals surface area (Å²) < 4.78 is 5.51. The quantitative estimate of drug-likeness (QED) is 0.690. The van der Waals surface area contributed by atoms with Gasteiger partial charge in [0.1, 0.15) is 6.10 Å². The molecule has 1 saturated carbocycles. The molecule has 1 saturated heterocycles. The maximum atomic E-state index is 11.7. The highest BCUT2D eigenvalue weighted by Crippen LogP contribution is 2.20. The number of piperidine rings is 1. The summed E-state index contributed by atoms with van der Waals surface area (Å²) in [7, 11) is 0. The van der Waals surface area contributed by atoms with E-state index in [1.807, 2.05) is 0 Å². The molecule has 0 bridgehead atoms. The van der Waals surface area contributed by atoms with Crippen LogP contribution in [0.25, 0.3) is 0 Å². The van der Waals surface area contributed by atoms with E-state index in [2.05, 4.69) is 4.90 Å². The van der Waals surface area contributed by atoms with Crippen LogP contribution in [-0.2, 0) is 9.53 Å². The monoisotopic (exact) mass is 225 g/mol. The molecule has 2 aliphatic rings. The molecule has 0 radical (unpaired) electrons. The van der Waals surface area contributed by atoms with Crippen molar-refractivity contribution in [2.24, 2.45) is 0 Å². The second-order valence-electron chi connectivity index (χ2n) is 5.09. The van der Waals surface area contributed by atoms with Crippen molar-refractivity contribution >= 4 is 5.97 Å². The Hall–Kier alpha value is -0.570. The third kappa shape index (κ3) is 3.78. The summed E-state index contributed by atoms with van der Waals surface area (Å²) in [4.78, 5) is 13.9. The average molecular weight is 225 g/mol. The molecule has 92 valence electrons. The minimum Gasteiger partial charge on any atom is -0.461 e. The van der Waals surface area contributed by atoms with Crippen LogP contribution in [-0.4, -0.2) is 36.6 Å². The highest BCUT2D eigenvalue weighted by Gasteiger charge is 2.20. The lowest BCUT2D eigenvalue weighted by Crippen LogP contribution is -2.36. The molecule has 0 spiro atoms. The number of carbonyl (C=O) groups is 1. The van der Waals surface area contributed by atoms with Crippen LogP contribution in [0.4, 0.5) is 0 Å². The van der Waals surface area contributed by atoms with E-state index in [1.54, 1.807) is 0 Å². The zero-order valence-corrected chi connectivity index (χ0v) is 10.1. The molecule has 3 heteroatoms. The van der Waals surface area contributed by atoms with Crippen LogP contribution in [0.3, 0.4) is 0 Å². The Balaban J connectivity index is 1.66. The van der Waals surface area contributed by atoms with Crippen molar-refractivity contribution in [1.82, 2.24) is 4.90 Å². The molecular formula is C13H23NO2. The molecule has 0 aromatic rings. The van der Waals surface area contributed by atoms with Gasteiger partial charge < -0.3 is 4.74 Å². The highest BCUT2D eigenvalue weighted by atomic mass is 16.5. The fourth-order valence-electron chi connectivity index (χ4n) is 2.71. The molecule has 0 aromatic heterocycles. The third-order valence-electron chi connectivity index (χ3n) is 3.65. The van der Waals surface area contributed by atoms with Gasteiger partial charge in [0.25, 0.3) is 0 Å². The molecule has 3 nitrogen and oxygen atoms in total. The molecule has 0 N–H and O–H groups in total. The maximum Gasteiger partial charge on any atom is 0.320 e. The van der Waals surface area contributed by atoms with Gasteiger partial charge >= 0.3 is 5.97 Å². The van der Waals surface area contributed by atoms with Gasteiger partial charge in [0.2, 0.25) is 0 Å². The zero-order chi connectivity index (χ0) is 11.2. The number of carbonyl (C=O) groups excluding carboxylic acids is 1. The Kier molecular flexibility index (Phi) is 4.64. The lowest BCUT2D eigenvalue weighted by Gasteiger charge is -2.27. The number of likely N-dealkylation sites (tertiary alicyclic amines) is 1. The van der Waals surface area contributed by atoms with E-state index in [1.165, 1.54) is 38.5 Å². The van der Waals surface area contributed by atoms with Crippen LogP contribution in [0, 0.1) is 0 Å². The number of esters is 1. The van der Waals surface area contributed by atoms with Gasteiger partial charge in [-0.25, -0.2) is 0 Å². The van der Waals surface area contributed by atoms with E-state index >= 15 is 0 Å². The maximum absolute atomic E-state index is 11.7. The van der Waals surface area contributed by atoms with Crippen molar-refractivity contribution in [3.05, 3.63) is 0 Å². The van der Waals surface area contributed by atoms with Gasteiger partial charge in [-0.15, -0.1) is 0 Å². The second kappa shape index (κ2) is 6.24. The largest absolute Gasteiger partial charge is 0.461 e. The highest BCUT2D eigenvalue weighted by molar-refractivity contribution is 5.71. The zero-order valence-electron chi connectivity index (χ0n) is 10.1. The number of hydrogen-bond donors (Lipinski definition) is 0. The Labute approximate surface area is 98.1 Å². The molecule has 0 amide bonds. The topological polar surface area (TPSA) is 29.5 Å². The first-order valence-corrected chi connectivity index (χ1v) is 6.76. The van der Waals surface area contributed by atoms with Gasteiger partial charge in [-0.3, -0.25) is 9.69 Å². The number of hydrogen-bond acceptors (Lipinski definition) is 3. The summed E-state index contributed by atoms with van der Waals surface area (Å²) >= 11 is 0. The number of ether oxygens (including phenoxy) is 1. The summed E-state index contributed by atoms with van der Waals surface area (Å²) in [5, 5.41) is 0. The van der Waals surface area contributed by atoms with Crippen LogP contribution in [0.5, 0.6) is 0 Å². The molecule has 0 atom stereocenters. The fourth-order valence-corrected chi connectivity index (χ4v) is 2.71. The predicted octanol–water partition coefficient (Wildman–Crippen LogP) is 2.35. The van der Waals surface area contributed by atoms with E-state index in [4.69, 9.17) is 4.74 Å². The number of nitrogens with zero attached hydrogens (tertiary/aromatic N) is 1. The van der Waals surface area contributed by atoms with Crippen LogP contribution in [0.1, 0.15) is 51.4 Å². The lowest BCUT2D eigenvalue weighted by atomic mass is 9.98. The minimum absolute atomic E-state index is 0.00574. The smallest absolute Gasteiger partial charge is 0.320 e. The molecule has 1 aliphatic carbocycles. The summed E-state index contributed by atoms with van der Waals surface area (Å²) in [6.45, 7) is 2.65. The van der Waals surface area contributed by atoms with Crippen molar-refractivity contribution in [3.8, 4) is 0 Å². The van der Waals surface area contributed by atoms with Gasteiger partial charge in [-0.1, -0.05) is 12.8 Å². The number of rotatable bonds is 3. The molecule has 1 aliphatic heterocycles. The normalized spacial score (nSPS) is 24.2. The van der Waals surface area contributed by atoms with Crippen molar-refractivity contribution in [2.45, 2.75) is 57.5 Å². The molecule has 2 rings (SSSR count). The van der Waals surface area contributed by atoms with Gasteiger partial charge in [0, 0.05) is 0 Å². The van der Waals surface area contributed by atoms with E-state index in [-0.39, 0.29) is 12.1 Å². The second-order valence-corrected chi connectivity index (χ2v) is 5.09. The summed E-state index contributed by atoms with van der Waals surface area (Å²) in [6, 6.07) is 0. The van der Waals surface area contributed by atoms with Crippen molar-refractivity contribution < 1.29 is 9.53 Å². The van der Waals surface area contributed by atoms with Gasteiger partial charge in [-0.05, 0) is 51.6 Å². The average Bonchev–Trinajstić information content (AvgIpc) is 2.31. The molecule has 16 heavy (non-hydrogen) atoms. The molecule has 0 unspecified atom stereocenters. The Morgan fingerprint density at radius 1 is 1.00 bits per heavy atom. The summed E-state index contributed by atoms with van der Waals surface area (Å²) in [5.74, 6) is -0.00574. The van der Waals surface area contributed by atoms with Crippen molar-refractivity contribution in [2.75, 3.05) is 19.6 Å². The summed E-state index contributed by atoms with van der Waals surface area (Å²) in [5.41, 5.74) is 0. The van der Waals surface area contributed by atoms with Crippen LogP contribution in [0.15, 0.2) is 0 Å². The van der Waals surface area contributed by atoms with Crippen LogP contribution >= 0.6 is 0 Å². The molecule has 2 fully saturated rings. The Morgan fingerprint density at radius 2 is 1.62 bits per heavy atom. The first kappa shape index (κ1) is 11.9. The first-order chi connectivity index (χ1) is 7.84. The third-order valence-corrected chi connectivity index (χ3v) is 3.65. The molecule has 0 aromatic carbocycles. The van der Waals surface area contributed by atoms with E-state index < -0.39 is 0 Å². The van der Waals surface area contributed by atoms with Gasteiger partial charge in [0.05, 0.1) is 6.54 Å². The first-order valence-electron chi connectivity index (χ1n) is 6.76. The predicted molar refractivity (Wildman–Crippen MR) is 63.3 cm³/mol. The lowest BCUT2D eigenvalue weighted by molar-refractivity contribution is -0.152. The van der Waals surface area contributed by atoms with Gasteiger partial charge in [-0.2, -0.15) is 0 Å². The van der Waals surface area contributed by atoms with Crippen LogP contribution < -0.4 is 0 Å². The molecule has 1 heterocycles. The minimum atomic E-state index is -0.00574. The standard InChI is InChI=1S/C13H23NO2/c15-13(11-14-9-5-2-6-10-14)16-12-7-3-1-4-8-12/h12H,1-11H2. The van der Waals surface area contributed by atoms with Crippen molar-refractivity contribution in [3.63, 3.8) is 0 Å². The summed E-state index contributed by atoms with van der Waals surface area (Å²) in [6.07, 6.45) is 9.90.